The summed E-state index contributed by atoms with van der Waals surface area (Å²) in [4.78, 5) is 13.7. The molecule has 0 spiro atoms. The maximum atomic E-state index is 12.3. The van der Waals surface area contributed by atoms with E-state index in [0.717, 1.165) is 29.5 Å². The second-order valence-electron chi connectivity index (χ2n) is 7.53. The Morgan fingerprint density at radius 1 is 1.26 bits per heavy atom. The van der Waals surface area contributed by atoms with E-state index in [1.165, 1.54) is 4.90 Å². The summed E-state index contributed by atoms with van der Waals surface area (Å²) in [7, 11) is 3.27. The standard InChI is InChI=1S/C21H27N5O3S.CH4/c1-6-15(17-10-13(11-29-17)12(2)3)22-19-20(25-30-24-19)23-16-9-7-8-14(18(16)27)21(28)26(4)5;/h7-12,15,27H,6H2,1-5H3,(H,22,24)(H,23,25);1H4/t15-;/m1./s1. The SMILES string of the molecule is C.CC[C@@H](Nc1nsnc1Nc1cccc(C(=O)N(C)C)c1O)c1cc(C(C)C)co1. The number of aromatic nitrogens is 2. The number of furan rings is 1. The number of benzene rings is 1. The maximum Gasteiger partial charge on any atom is 0.257 e. The fraction of sp³-hybridized carbons (Fsp3) is 0.409. The Morgan fingerprint density at radius 3 is 2.58 bits per heavy atom. The molecule has 0 aliphatic carbocycles. The average Bonchev–Trinajstić information content (AvgIpc) is 3.37. The number of anilines is 3. The highest BCUT2D eigenvalue weighted by atomic mass is 32.1. The van der Waals surface area contributed by atoms with Gasteiger partial charge in [0.25, 0.3) is 5.91 Å². The van der Waals surface area contributed by atoms with Crippen LogP contribution in [0.15, 0.2) is 34.9 Å². The highest BCUT2D eigenvalue weighted by Crippen LogP contribution is 2.34. The summed E-state index contributed by atoms with van der Waals surface area (Å²) in [5.74, 6) is 1.84. The molecule has 3 N–H and O–H groups in total. The maximum absolute atomic E-state index is 12.3. The molecule has 0 unspecified atom stereocenters. The summed E-state index contributed by atoms with van der Waals surface area (Å²) in [5, 5.41) is 17.0. The number of amides is 1. The van der Waals surface area contributed by atoms with Crippen LogP contribution in [0.5, 0.6) is 5.75 Å². The predicted molar refractivity (Wildman–Crippen MR) is 125 cm³/mol. The number of hydrogen-bond donors (Lipinski definition) is 3. The van der Waals surface area contributed by atoms with Crippen LogP contribution in [0.1, 0.15) is 68.3 Å². The molecular weight excluding hydrogens is 414 g/mol. The van der Waals surface area contributed by atoms with Gasteiger partial charge in [-0.1, -0.05) is 34.3 Å². The van der Waals surface area contributed by atoms with E-state index in [2.05, 4.69) is 46.2 Å². The van der Waals surface area contributed by atoms with Gasteiger partial charge in [0.1, 0.15) is 5.76 Å². The van der Waals surface area contributed by atoms with E-state index in [1.54, 1.807) is 38.6 Å². The number of hydrogen-bond acceptors (Lipinski definition) is 8. The van der Waals surface area contributed by atoms with Gasteiger partial charge in [0.15, 0.2) is 17.4 Å². The number of nitrogens with zero attached hydrogens (tertiary/aromatic N) is 3. The van der Waals surface area contributed by atoms with Crippen molar-refractivity contribution in [3.63, 3.8) is 0 Å². The quantitative estimate of drug-likeness (QED) is 0.387. The lowest BCUT2D eigenvalue weighted by molar-refractivity contribution is 0.0824. The minimum Gasteiger partial charge on any atom is -0.505 e. The van der Waals surface area contributed by atoms with Crippen molar-refractivity contribution in [2.75, 3.05) is 24.7 Å². The molecule has 0 saturated carbocycles. The molecule has 0 aliphatic heterocycles. The zero-order valence-corrected chi connectivity index (χ0v) is 18.6. The van der Waals surface area contributed by atoms with E-state index in [1.807, 2.05) is 0 Å². The Bertz CT molecular complexity index is 1010. The molecule has 31 heavy (non-hydrogen) atoms. The van der Waals surface area contributed by atoms with Crippen LogP contribution in [0.25, 0.3) is 0 Å². The van der Waals surface area contributed by atoms with Crippen LogP contribution in [0.2, 0.25) is 0 Å². The van der Waals surface area contributed by atoms with E-state index in [9.17, 15) is 9.90 Å². The number of aromatic hydroxyl groups is 1. The zero-order chi connectivity index (χ0) is 21.8. The van der Waals surface area contributed by atoms with Crippen molar-refractivity contribution in [3.05, 3.63) is 47.4 Å². The third-order valence-corrected chi connectivity index (χ3v) is 5.31. The Labute approximate surface area is 187 Å². The third-order valence-electron chi connectivity index (χ3n) is 4.78. The molecule has 1 amide bonds. The molecular formula is C22H31N5O3S. The highest BCUT2D eigenvalue weighted by molar-refractivity contribution is 6.99. The monoisotopic (exact) mass is 445 g/mol. The number of carbonyl (C=O) groups is 1. The predicted octanol–water partition coefficient (Wildman–Crippen LogP) is 5.60. The second-order valence-corrected chi connectivity index (χ2v) is 8.06. The molecule has 1 atom stereocenters. The molecule has 0 fully saturated rings. The van der Waals surface area contributed by atoms with Crippen molar-refractivity contribution in [2.45, 2.75) is 46.6 Å². The molecule has 0 saturated heterocycles. The Morgan fingerprint density at radius 2 is 1.97 bits per heavy atom. The molecule has 3 aromatic rings. The Balaban J connectivity index is 0.00000341. The molecule has 0 bridgehead atoms. The first-order valence-electron chi connectivity index (χ1n) is 9.79. The third kappa shape index (κ3) is 5.35. The van der Waals surface area contributed by atoms with Crippen LogP contribution in [0.3, 0.4) is 0 Å². The fourth-order valence-electron chi connectivity index (χ4n) is 2.94. The zero-order valence-electron chi connectivity index (χ0n) is 17.8. The van der Waals surface area contributed by atoms with Crippen molar-refractivity contribution in [1.82, 2.24) is 13.6 Å². The van der Waals surface area contributed by atoms with E-state index in [0.29, 0.717) is 23.2 Å². The van der Waals surface area contributed by atoms with Crippen molar-refractivity contribution >= 4 is 35.0 Å². The number of rotatable bonds is 8. The molecule has 168 valence electrons. The lowest BCUT2D eigenvalue weighted by atomic mass is 10.1. The number of para-hydroxylation sites is 1. The van der Waals surface area contributed by atoms with Gasteiger partial charge < -0.3 is 25.1 Å². The largest absolute Gasteiger partial charge is 0.505 e. The van der Waals surface area contributed by atoms with E-state index in [-0.39, 0.29) is 30.7 Å². The highest BCUT2D eigenvalue weighted by Gasteiger charge is 2.21. The molecule has 9 heteroatoms. The first-order valence-corrected chi connectivity index (χ1v) is 10.5. The Hall–Kier alpha value is -3.07. The summed E-state index contributed by atoms with van der Waals surface area (Å²) in [6.45, 7) is 6.30. The topological polar surface area (TPSA) is 104 Å². The second kappa shape index (κ2) is 10.3. The summed E-state index contributed by atoms with van der Waals surface area (Å²) in [6.07, 6.45) is 2.58. The number of phenolic OH excluding ortho intramolecular Hbond substituents is 1. The normalized spacial score (nSPS) is 11.7. The van der Waals surface area contributed by atoms with Gasteiger partial charge in [-0.05, 0) is 36.1 Å². The van der Waals surface area contributed by atoms with Gasteiger partial charge in [-0.3, -0.25) is 4.79 Å². The lowest BCUT2D eigenvalue weighted by Gasteiger charge is -2.16. The van der Waals surface area contributed by atoms with Gasteiger partial charge in [-0.2, -0.15) is 8.75 Å². The van der Waals surface area contributed by atoms with Gasteiger partial charge in [0.05, 0.1) is 35.3 Å². The first-order chi connectivity index (χ1) is 14.3. The van der Waals surface area contributed by atoms with E-state index in [4.69, 9.17) is 4.42 Å². The number of nitrogens with one attached hydrogen (secondary N) is 2. The fourth-order valence-corrected chi connectivity index (χ4v) is 3.42. The molecule has 0 aliphatic rings. The lowest BCUT2D eigenvalue weighted by Crippen LogP contribution is -2.21. The number of carbonyl (C=O) groups excluding carboxylic acids is 1. The molecule has 8 nitrogen and oxygen atoms in total. The summed E-state index contributed by atoms with van der Waals surface area (Å²) in [6, 6.07) is 6.95. The molecule has 1 aromatic carbocycles. The van der Waals surface area contributed by atoms with E-state index < -0.39 is 0 Å². The minimum atomic E-state index is -0.282. The molecule has 0 radical (unpaired) electrons. The Kier molecular flexibility index (Phi) is 8.04. The van der Waals surface area contributed by atoms with Gasteiger partial charge in [-0.25, -0.2) is 0 Å². The smallest absolute Gasteiger partial charge is 0.257 e. The van der Waals surface area contributed by atoms with Gasteiger partial charge in [-0.15, -0.1) is 0 Å². The molecule has 3 rings (SSSR count). The van der Waals surface area contributed by atoms with E-state index >= 15 is 0 Å². The van der Waals surface area contributed by atoms with Gasteiger partial charge in [0.2, 0.25) is 0 Å². The van der Waals surface area contributed by atoms with Crippen molar-refractivity contribution in [2.24, 2.45) is 0 Å². The van der Waals surface area contributed by atoms with Crippen LogP contribution in [0.4, 0.5) is 17.3 Å². The summed E-state index contributed by atoms with van der Waals surface area (Å²) in [5.41, 5.74) is 1.74. The van der Waals surface area contributed by atoms with Crippen molar-refractivity contribution in [1.29, 1.82) is 0 Å². The van der Waals surface area contributed by atoms with Gasteiger partial charge in [0, 0.05) is 14.1 Å². The minimum absolute atomic E-state index is 0. The van der Waals surface area contributed by atoms with Gasteiger partial charge >= 0.3 is 0 Å². The summed E-state index contributed by atoms with van der Waals surface area (Å²) >= 11 is 1.05. The van der Waals surface area contributed by atoms with Crippen molar-refractivity contribution in [3.8, 4) is 5.75 Å². The number of phenols is 1. The summed E-state index contributed by atoms with van der Waals surface area (Å²) < 4.78 is 14.4. The van der Waals surface area contributed by atoms with Crippen molar-refractivity contribution < 1.29 is 14.3 Å². The van der Waals surface area contributed by atoms with Crippen LogP contribution >= 0.6 is 11.7 Å². The first kappa shape index (κ1) is 24.2. The van der Waals surface area contributed by atoms with Crippen LogP contribution in [0, 0.1) is 0 Å². The van der Waals surface area contributed by atoms with Crippen LogP contribution < -0.4 is 10.6 Å². The molecule has 2 aromatic heterocycles. The van der Waals surface area contributed by atoms with Crippen LogP contribution in [-0.2, 0) is 0 Å². The molecule has 2 heterocycles. The van der Waals surface area contributed by atoms with Crippen LogP contribution in [-0.4, -0.2) is 38.8 Å². The average molecular weight is 446 g/mol.